The number of hydrogen-bond acceptors (Lipinski definition) is 3. The van der Waals surface area contributed by atoms with Crippen molar-refractivity contribution in [2.75, 3.05) is 19.6 Å². The second-order valence-electron chi connectivity index (χ2n) is 6.85. The van der Waals surface area contributed by atoms with Crippen molar-refractivity contribution in [3.8, 4) is 0 Å². The predicted molar refractivity (Wildman–Crippen MR) is 105 cm³/mol. The van der Waals surface area contributed by atoms with E-state index in [1.807, 2.05) is 30.4 Å². The number of hydrogen-bond donors (Lipinski definition) is 1. The van der Waals surface area contributed by atoms with E-state index < -0.39 is 0 Å². The van der Waals surface area contributed by atoms with Crippen molar-refractivity contribution in [3.63, 3.8) is 0 Å². The van der Waals surface area contributed by atoms with Gasteiger partial charge in [0.2, 0.25) is 5.91 Å². The molecule has 0 radical (unpaired) electrons. The van der Waals surface area contributed by atoms with E-state index >= 15 is 0 Å². The van der Waals surface area contributed by atoms with Gasteiger partial charge in [-0.2, -0.15) is 5.10 Å². The SMILES string of the molecule is Cl.Cn1cc([C@H]2CNC[C@@H]2C(=O)N2CCc3cc(Cl)cc(Cl)c3C2)cn1. The molecule has 2 atom stereocenters. The summed E-state index contributed by atoms with van der Waals surface area (Å²) >= 11 is 12.5. The van der Waals surface area contributed by atoms with Crippen LogP contribution >= 0.6 is 35.6 Å². The summed E-state index contributed by atoms with van der Waals surface area (Å²) in [5.41, 5.74) is 3.29. The Morgan fingerprint density at radius 3 is 2.85 bits per heavy atom. The molecule has 1 amide bonds. The van der Waals surface area contributed by atoms with Crippen molar-refractivity contribution in [3.05, 3.63) is 51.3 Å². The number of nitrogens with zero attached hydrogens (tertiary/aromatic N) is 3. The van der Waals surface area contributed by atoms with Gasteiger partial charge in [0.25, 0.3) is 0 Å². The smallest absolute Gasteiger partial charge is 0.227 e. The summed E-state index contributed by atoms with van der Waals surface area (Å²) in [6, 6.07) is 3.71. The maximum absolute atomic E-state index is 13.2. The number of carbonyl (C=O) groups is 1. The molecule has 4 rings (SSSR count). The molecule has 140 valence electrons. The molecule has 2 aliphatic rings. The number of carbonyl (C=O) groups excluding carboxylic acids is 1. The second-order valence-corrected chi connectivity index (χ2v) is 7.70. The van der Waals surface area contributed by atoms with Crippen molar-refractivity contribution in [1.29, 1.82) is 0 Å². The molecule has 8 heteroatoms. The molecule has 0 unspecified atom stereocenters. The van der Waals surface area contributed by atoms with E-state index in [-0.39, 0.29) is 30.2 Å². The van der Waals surface area contributed by atoms with Gasteiger partial charge in [0.05, 0.1) is 12.1 Å². The normalized spacial score (nSPS) is 22.0. The Hall–Kier alpha value is -1.27. The molecule has 26 heavy (non-hydrogen) atoms. The minimum atomic E-state index is -0.0585. The number of rotatable bonds is 2. The van der Waals surface area contributed by atoms with Gasteiger partial charge < -0.3 is 10.2 Å². The first kappa shape index (κ1) is 19.5. The summed E-state index contributed by atoms with van der Waals surface area (Å²) in [6.07, 6.45) is 4.66. The lowest BCUT2D eigenvalue weighted by Gasteiger charge is -2.32. The van der Waals surface area contributed by atoms with Crippen LogP contribution in [0.2, 0.25) is 10.0 Å². The number of benzene rings is 1. The van der Waals surface area contributed by atoms with Crippen molar-refractivity contribution >= 4 is 41.5 Å². The molecule has 1 saturated heterocycles. The average molecular weight is 416 g/mol. The Balaban J connectivity index is 0.00000196. The highest BCUT2D eigenvalue weighted by molar-refractivity contribution is 6.35. The van der Waals surface area contributed by atoms with Crippen molar-refractivity contribution < 1.29 is 4.79 Å². The van der Waals surface area contributed by atoms with Crippen molar-refractivity contribution in [2.45, 2.75) is 18.9 Å². The molecule has 1 aromatic heterocycles. The van der Waals surface area contributed by atoms with Gasteiger partial charge in [0.1, 0.15) is 0 Å². The summed E-state index contributed by atoms with van der Waals surface area (Å²) in [5.74, 6) is 0.302. The molecule has 2 aromatic rings. The number of halogens is 3. The number of aromatic nitrogens is 2. The number of amides is 1. The molecule has 0 aliphatic carbocycles. The summed E-state index contributed by atoms with van der Waals surface area (Å²) in [4.78, 5) is 15.1. The number of fused-ring (bicyclic) bond motifs is 1. The van der Waals surface area contributed by atoms with Gasteiger partial charge in [-0.1, -0.05) is 23.2 Å². The Kier molecular flexibility index (Phi) is 5.82. The van der Waals surface area contributed by atoms with Gasteiger partial charge in [-0.15, -0.1) is 12.4 Å². The zero-order valence-electron chi connectivity index (χ0n) is 14.4. The van der Waals surface area contributed by atoms with E-state index in [2.05, 4.69) is 10.4 Å². The third-order valence-electron chi connectivity index (χ3n) is 5.25. The van der Waals surface area contributed by atoms with Gasteiger partial charge in [-0.25, -0.2) is 0 Å². The first-order chi connectivity index (χ1) is 12.0. The third kappa shape index (κ3) is 3.58. The predicted octanol–water partition coefficient (Wildman–Crippen LogP) is 3.04. The summed E-state index contributed by atoms with van der Waals surface area (Å²) < 4.78 is 1.79. The average Bonchev–Trinajstić information content (AvgIpc) is 3.22. The third-order valence-corrected chi connectivity index (χ3v) is 5.80. The van der Waals surface area contributed by atoms with Crippen LogP contribution in [0.15, 0.2) is 24.5 Å². The Morgan fingerprint density at radius 2 is 2.12 bits per heavy atom. The molecule has 1 N–H and O–H groups in total. The quantitative estimate of drug-likeness (QED) is 0.820. The summed E-state index contributed by atoms with van der Waals surface area (Å²) in [5, 5.41) is 8.91. The van der Waals surface area contributed by atoms with Gasteiger partial charge in [-0.3, -0.25) is 9.48 Å². The maximum atomic E-state index is 13.2. The highest BCUT2D eigenvalue weighted by Crippen LogP contribution is 2.33. The fraction of sp³-hybridized carbons (Fsp3) is 0.444. The topological polar surface area (TPSA) is 50.2 Å². The summed E-state index contributed by atoms with van der Waals surface area (Å²) in [6.45, 7) is 2.78. The van der Waals surface area contributed by atoms with Crippen LogP contribution in [0.5, 0.6) is 0 Å². The van der Waals surface area contributed by atoms with Crippen molar-refractivity contribution in [2.24, 2.45) is 13.0 Å². The van der Waals surface area contributed by atoms with E-state index in [4.69, 9.17) is 23.2 Å². The second kappa shape index (κ2) is 7.77. The molecule has 5 nitrogen and oxygen atoms in total. The molecule has 3 heterocycles. The van der Waals surface area contributed by atoms with Crippen LogP contribution < -0.4 is 5.32 Å². The van der Waals surface area contributed by atoms with E-state index in [1.54, 1.807) is 10.7 Å². The highest BCUT2D eigenvalue weighted by atomic mass is 35.5. The van der Waals surface area contributed by atoms with Crippen LogP contribution in [-0.4, -0.2) is 40.2 Å². The molecule has 1 fully saturated rings. The van der Waals surface area contributed by atoms with Crippen LogP contribution in [0.1, 0.15) is 22.6 Å². The first-order valence-electron chi connectivity index (χ1n) is 8.48. The van der Waals surface area contributed by atoms with Gasteiger partial charge >= 0.3 is 0 Å². The largest absolute Gasteiger partial charge is 0.338 e. The first-order valence-corrected chi connectivity index (χ1v) is 9.23. The van der Waals surface area contributed by atoms with E-state index in [1.165, 1.54) is 0 Å². The number of aryl methyl sites for hydroxylation is 1. The molecule has 0 bridgehead atoms. The molecular formula is C18H21Cl3N4O. The lowest BCUT2D eigenvalue weighted by atomic mass is 9.89. The van der Waals surface area contributed by atoms with Crippen LogP contribution in [0, 0.1) is 5.92 Å². The van der Waals surface area contributed by atoms with Crippen molar-refractivity contribution in [1.82, 2.24) is 20.0 Å². The monoisotopic (exact) mass is 414 g/mol. The Labute approximate surface area is 169 Å². The van der Waals surface area contributed by atoms with Gasteiger partial charge in [0.15, 0.2) is 0 Å². The molecular weight excluding hydrogens is 395 g/mol. The minimum Gasteiger partial charge on any atom is -0.338 e. The lowest BCUT2D eigenvalue weighted by Crippen LogP contribution is -2.41. The molecule has 0 saturated carbocycles. The highest BCUT2D eigenvalue weighted by Gasteiger charge is 2.38. The maximum Gasteiger partial charge on any atom is 0.227 e. The fourth-order valence-electron chi connectivity index (χ4n) is 3.92. The standard InChI is InChI=1S/C18H20Cl2N4O.ClH/c1-23-9-12(6-22-23)14-7-21-8-15(14)18(25)24-3-2-11-4-13(19)5-17(20)16(11)10-24;/h4-6,9,14-15,21H,2-3,7-8,10H2,1H3;1H/t14-,15+;/m1./s1. The van der Waals surface area contributed by atoms with E-state index in [0.29, 0.717) is 29.7 Å². The zero-order valence-corrected chi connectivity index (χ0v) is 16.7. The fourth-order valence-corrected chi connectivity index (χ4v) is 4.52. The summed E-state index contributed by atoms with van der Waals surface area (Å²) in [7, 11) is 1.90. The van der Waals surface area contributed by atoms with E-state index in [0.717, 1.165) is 29.7 Å². The zero-order chi connectivity index (χ0) is 17.6. The lowest BCUT2D eigenvalue weighted by molar-refractivity contribution is -0.136. The minimum absolute atomic E-state index is 0. The van der Waals surface area contributed by atoms with Gasteiger partial charge in [0, 0.05) is 55.4 Å². The number of nitrogens with one attached hydrogen (secondary N) is 1. The molecule has 0 spiro atoms. The van der Waals surface area contributed by atoms with Crippen LogP contribution in [-0.2, 0) is 24.8 Å². The van der Waals surface area contributed by atoms with Crippen LogP contribution in [0.3, 0.4) is 0 Å². The molecule has 1 aromatic carbocycles. The molecule has 2 aliphatic heterocycles. The Morgan fingerprint density at radius 1 is 1.31 bits per heavy atom. The van der Waals surface area contributed by atoms with Crippen LogP contribution in [0.4, 0.5) is 0 Å². The Bertz CT molecular complexity index is 823. The van der Waals surface area contributed by atoms with Gasteiger partial charge in [-0.05, 0) is 35.2 Å². The van der Waals surface area contributed by atoms with Crippen LogP contribution in [0.25, 0.3) is 0 Å². The van der Waals surface area contributed by atoms with E-state index in [9.17, 15) is 4.79 Å².